The van der Waals surface area contributed by atoms with Gasteiger partial charge in [-0.2, -0.15) is 0 Å². The maximum Gasteiger partial charge on any atom is 0.227 e. The molecule has 0 radical (unpaired) electrons. The van der Waals surface area contributed by atoms with Crippen LogP contribution in [0.15, 0.2) is 45.1 Å². The van der Waals surface area contributed by atoms with Gasteiger partial charge in [0, 0.05) is 24.7 Å². The van der Waals surface area contributed by atoms with Gasteiger partial charge in [-0.05, 0) is 6.08 Å². The van der Waals surface area contributed by atoms with E-state index in [1.54, 1.807) is 30.2 Å². The molecule has 0 aliphatic heterocycles. The predicted octanol–water partition coefficient (Wildman–Crippen LogP) is 5.13. The molecular weight excluding hydrogens is 373 g/mol. The average molecular weight is 394 g/mol. The number of aryl methyl sites for hydroxylation is 1. The molecule has 1 atom stereocenters. The predicted molar refractivity (Wildman–Crippen MR) is 102 cm³/mol. The Balaban J connectivity index is 1.50. The molecule has 5 nitrogen and oxygen atoms in total. The molecule has 0 fully saturated rings. The summed E-state index contributed by atoms with van der Waals surface area (Å²) in [7, 11) is 0. The zero-order chi connectivity index (χ0) is 18.6. The molecule has 3 rings (SSSR count). The summed E-state index contributed by atoms with van der Waals surface area (Å²) in [4.78, 5) is 20.7. The number of nitrogens with one attached hydrogen (secondary N) is 1. The summed E-state index contributed by atoms with van der Waals surface area (Å²) >= 11 is 2.96. The Morgan fingerprint density at radius 1 is 1.46 bits per heavy atom. The average Bonchev–Trinajstić information content (AvgIpc) is 3.21. The minimum absolute atomic E-state index is 0.168. The van der Waals surface area contributed by atoms with Gasteiger partial charge in [0.25, 0.3) is 0 Å². The zero-order valence-corrected chi connectivity index (χ0v) is 16.3. The van der Waals surface area contributed by atoms with Crippen LogP contribution in [0.5, 0.6) is 0 Å². The second kappa shape index (κ2) is 8.18. The molecule has 0 saturated carbocycles. The fourth-order valence-corrected chi connectivity index (χ4v) is 4.38. The molecule has 0 bridgehead atoms. The largest absolute Gasteiger partial charge is 0.445 e. The molecule has 0 spiro atoms. The van der Waals surface area contributed by atoms with Gasteiger partial charge >= 0.3 is 0 Å². The number of carbonyl (C=O) groups is 1. The topological polar surface area (TPSA) is 68.0 Å². The number of thioether (sulfide) groups is 1. The van der Waals surface area contributed by atoms with E-state index in [2.05, 4.69) is 15.3 Å². The summed E-state index contributed by atoms with van der Waals surface area (Å²) in [5.74, 6) is 1.79. The number of allylic oxidation sites excluding steroid dienone is 4. The number of hydrogen-bond acceptors (Lipinski definition) is 6. The number of aromatic nitrogens is 2. The summed E-state index contributed by atoms with van der Waals surface area (Å²) in [5.41, 5.74) is -0.500. The first-order chi connectivity index (χ1) is 12.5. The number of thiazole rings is 1. The maximum atomic E-state index is 13.5. The molecule has 1 N–H and O–H groups in total. The number of amides is 1. The van der Waals surface area contributed by atoms with Crippen LogP contribution in [0.25, 0.3) is 0 Å². The Kier molecular flexibility index (Phi) is 5.93. The van der Waals surface area contributed by atoms with E-state index in [0.717, 1.165) is 16.4 Å². The van der Waals surface area contributed by atoms with Crippen molar-refractivity contribution < 1.29 is 13.6 Å². The highest BCUT2D eigenvalue weighted by atomic mass is 32.2. The van der Waals surface area contributed by atoms with Crippen molar-refractivity contribution in [3.05, 3.63) is 48.1 Å². The van der Waals surface area contributed by atoms with E-state index >= 15 is 0 Å². The molecule has 1 amide bonds. The monoisotopic (exact) mass is 393 g/mol. The van der Waals surface area contributed by atoms with Crippen molar-refractivity contribution in [2.24, 2.45) is 5.41 Å². The smallest absolute Gasteiger partial charge is 0.227 e. The fourth-order valence-electron chi connectivity index (χ4n) is 2.64. The third-order valence-corrected chi connectivity index (χ3v) is 6.02. The summed E-state index contributed by atoms with van der Waals surface area (Å²) in [5, 5.41) is 3.34. The Morgan fingerprint density at radius 2 is 2.31 bits per heavy atom. The number of halogens is 1. The Labute approximate surface area is 159 Å². The quantitative estimate of drug-likeness (QED) is 0.660. The second-order valence-electron chi connectivity index (χ2n) is 6.38. The first-order valence-electron chi connectivity index (χ1n) is 8.32. The van der Waals surface area contributed by atoms with E-state index in [9.17, 15) is 9.18 Å². The Bertz CT molecular complexity index is 843. The molecular formula is C18H20FN3O2S2. The summed E-state index contributed by atoms with van der Waals surface area (Å²) in [6.45, 7) is 3.89. The van der Waals surface area contributed by atoms with Gasteiger partial charge in [-0.25, -0.2) is 14.4 Å². The highest BCUT2D eigenvalue weighted by Crippen LogP contribution is 2.36. The standard InChI is InChI=1S/C18H20FN3O2S2/c1-3-13-9-20-15(24-13)11-25-16-10-21-17(26-16)22-14(23)8-18(2)6-4-5-12(19)7-18/h4-6,9-10H,3,7-8,11H2,1-2H3,(H,21,22,23). The zero-order valence-electron chi connectivity index (χ0n) is 14.6. The number of oxazole rings is 1. The van der Waals surface area contributed by atoms with Crippen LogP contribution in [-0.2, 0) is 17.0 Å². The summed E-state index contributed by atoms with van der Waals surface area (Å²) in [6, 6.07) is 0. The van der Waals surface area contributed by atoms with Crippen LogP contribution in [0.3, 0.4) is 0 Å². The molecule has 2 heterocycles. The van der Waals surface area contributed by atoms with Gasteiger partial charge in [0.2, 0.25) is 11.8 Å². The normalized spacial score (nSPS) is 19.4. The summed E-state index contributed by atoms with van der Waals surface area (Å²) in [6.07, 6.45) is 9.71. The van der Waals surface area contributed by atoms with Crippen LogP contribution in [-0.4, -0.2) is 15.9 Å². The third kappa shape index (κ3) is 5.04. The van der Waals surface area contributed by atoms with Crippen LogP contribution in [0.1, 0.15) is 38.3 Å². The van der Waals surface area contributed by atoms with Gasteiger partial charge in [-0.3, -0.25) is 4.79 Å². The SMILES string of the molecule is CCc1cnc(CSc2cnc(NC(=O)CC3(C)C=CC=C(F)C3)s2)o1. The van der Waals surface area contributed by atoms with E-state index in [4.69, 9.17) is 4.42 Å². The van der Waals surface area contributed by atoms with Crippen molar-refractivity contribution in [2.75, 3.05) is 5.32 Å². The molecule has 26 heavy (non-hydrogen) atoms. The third-order valence-electron chi connectivity index (χ3n) is 3.93. The minimum Gasteiger partial charge on any atom is -0.445 e. The highest BCUT2D eigenvalue weighted by Gasteiger charge is 2.28. The maximum absolute atomic E-state index is 13.5. The highest BCUT2D eigenvalue weighted by molar-refractivity contribution is 8.00. The van der Waals surface area contributed by atoms with Gasteiger partial charge < -0.3 is 9.73 Å². The first kappa shape index (κ1) is 18.8. The first-order valence-corrected chi connectivity index (χ1v) is 10.1. The van der Waals surface area contributed by atoms with Gasteiger partial charge in [0.05, 0.1) is 22.4 Å². The van der Waals surface area contributed by atoms with Crippen LogP contribution in [0.2, 0.25) is 0 Å². The molecule has 138 valence electrons. The van der Waals surface area contributed by atoms with Crippen molar-refractivity contribution in [1.29, 1.82) is 0 Å². The Morgan fingerprint density at radius 3 is 3.04 bits per heavy atom. The molecule has 2 aromatic rings. The fraction of sp³-hybridized carbons (Fsp3) is 0.389. The van der Waals surface area contributed by atoms with Crippen molar-refractivity contribution in [1.82, 2.24) is 9.97 Å². The number of anilines is 1. The molecule has 0 aromatic carbocycles. The van der Waals surface area contributed by atoms with E-state index < -0.39 is 5.41 Å². The van der Waals surface area contributed by atoms with Gasteiger partial charge in [-0.1, -0.05) is 37.3 Å². The molecule has 1 aliphatic rings. The molecule has 1 unspecified atom stereocenters. The molecule has 2 aromatic heterocycles. The number of carbonyl (C=O) groups excluding carboxylic acids is 1. The lowest BCUT2D eigenvalue weighted by Gasteiger charge is -2.26. The molecule has 8 heteroatoms. The van der Waals surface area contributed by atoms with Crippen molar-refractivity contribution in [3.63, 3.8) is 0 Å². The van der Waals surface area contributed by atoms with Crippen molar-refractivity contribution >= 4 is 34.1 Å². The molecule has 0 saturated heterocycles. The van der Waals surface area contributed by atoms with Gasteiger partial charge in [-0.15, -0.1) is 11.8 Å². The molecule has 1 aliphatic carbocycles. The Hall–Kier alpha value is -1.93. The van der Waals surface area contributed by atoms with E-state index in [1.165, 1.54) is 17.4 Å². The lowest BCUT2D eigenvalue weighted by molar-refractivity contribution is -0.117. The van der Waals surface area contributed by atoms with E-state index in [-0.39, 0.29) is 24.6 Å². The van der Waals surface area contributed by atoms with Crippen LogP contribution in [0, 0.1) is 5.41 Å². The van der Waals surface area contributed by atoms with E-state index in [1.807, 2.05) is 19.9 Å². The number of nitrogens with zero attached hydrogens (tertiary/aromatic N) is 2. The lowest BCUT2D eigenvalue weighted by atomic mass is 9.80. The van der Waals surface area contributed by atoms with Crippen LogP contribution >= 0.6 is 23.1 Å². The number of rotatable bonds is 7. The minimum atomic E-state index is -0.500. The summed E-state index contributed by atoms with van der Waals surface area (Å²) < 4.78 is 20.0. The second-order valence-corrected chi connectivity index (χ2v) is 8.68. The number of hydrogen-bond donors (Lipinski definition) is 1. The van der Waals surface area contributed by atoms with E-state index in [0.29, 0.717) is 16.8 Å². The van der Waals surface area contributed by atoms with Gasteiger partial charge in [0.1, 0.15) is 11.6 Å². The van der Waals surface area contributed by atoms with Crippen molar-refractivity contribution in [3.8, 4) is 0 Å². The van der Waals surface area contributed by atoms with Crippen molar-refractivity contribution in [2.45, 2.75) is 43.1 Å². The van der Waals surface area contributed by atoms with Crippen LogP contribution in [0.4, 0.5) is 9.52 Å². The van der Waals surface area contributed by atoms with Crippen LogP contribution < -0.4 is 5.32 Å². The van der Waals surface area contributed by atoms with Gasteiger partial charge in [0.15, 0.2) is 5.13 Å². The lowest BCUT2D eigenvalue weighted by Crippen LogP contribution is -2.24.